The first-order valence-electron chi connectivity index (χ1n) is 10.1. The summed E-state index contributed by atoms with van der Waals surface area (Å²) in [6.07, 6.45) is 7.65. The number of rotatable bonds is 9. The Morgan fingerprint density at radius 3 is 2.69 bits per heavy atom. The van der Waals surface area contributed by atoms with Gasteiger partial charge in [-0.15, -0.1) is 6.58 Å². The molecule has 6 heteroatoms. The molecule has 0 saturated carbocycles. The minimum Gasteiger partial charge on any atom is -0.493 e. The molecule has 2 heterocycles. The van der Waals surface area contributed by atoms with Gasteiger partial charge in [0, 0.05) is 17.7 Å². The number of nitrogens with one attached hydrogen (secondary N) is 1. The highest BCUT2D eigenvalue weighted by molar-refractivity contribution is 5.95. The SMILES string of the molecule is C=CCc1cc(C(=O)NCC(c2ccco2)N2CCCCC2)cc(OC)c1OC. The van der Waals surface area contributed by atoms with Crippen LogP contribution in [0.4, 0.5) is 0 Å². The molecule has 3 rings (SSSR count). The van der Waals surface area contributed by atoms with Crippen molar-refractivity contribution in [1.29, 1.82) is 0 Å². The van der Waals surface area contributed by atoms with E-state index < -0.39 is 0 Å². The minimum atomic E-state index is -0.148. The van der Waals surface area contributed by atoms with Crippen molar-refractivity contribution < 1.29 is 18.7 Å². The van der Waals surface area contributed by atoms with Gasteiger partial charge in [0.05, 0.1) is 26.5 Å². The second-order valence-corrected chi connectivity index (χ2v) is 7.20. The number of nitrogens with zero attached hydrogens (tertiary/aromatic N) is 1. The van der Waals surface area contributed by atoms with Gasteiger partial charge in [-0.25, -0.2) is 0 Å². The Balaban J connectivity index is 1.77. The van der Waals surface area contributed by atoms with Gasteiger partial charge in [0.1, 0.15) is 5.76 Å². The highest BCUT2D eigenvalue weighted by atomic mass is 16.5. The molecule has 1 amide bonds. The Hall–Kier alpha value is -2.73. The summed E-state index contributed by atoms with van der Waals surface area (Å²) < 4.78 is 16.6. The van der Waals surface area contributed by atoms with E-state index >= 15 is 0 Å². The van der Waals surface area contributed by atoms with Crippen LogP contribution in [0.3, 0.4) is 0 Å². The van der Waals surface area contributed by atoms with Gasteiger partial charge in [-0.2, -0.15) is 0 Å². The summed E-state index contributed by atoms with van der Waals surface area (Å²) in [6.45, 7) is 6.30. The third-order valence-electron chi connectivity index (χ3n) is 5.34. The Morgan fingerprint density at radius 1 is 1.28 bits per heavy atom. The van der Waals surface area contributed by atoms with Crippen LogP contribution < -0.4 is 14.8 Å². The average Bonchev–Trinajstić information content (AvgIpc) is 3.28. The van der Waals surface area contributed by atoms with Gasteiger partial charge in [-0.1, -0.05) is 12.5 Å². The number of likely N-dealkylation sites (tertiary alicyclic amines) is 1. The summed E-state index contributed by atoms with van der Waals surface area (Å²) in [6, 6.07) is 7.45. The van der Waals surface area contributed by atoms with Crippen molar-refractivity contribution >= 4 is 5.91 Å². The summed E-state index contributed by atoms with van der Waals surface area (Å²) in [5.74, 6) is 1.90. The number of benzene rings is 1. The van der Waals surface area contributed by atoms with Crippen molar-refractivity contribution in [2.24, 2.45) is 0 Å². The van der Waals surface area contributed by atoms with Gasteiger partial charge in [0.2, 0.25) is 0 Å². The highest BCUT2D eigenvalue weighted by Gasteiger charge is 2.25. The molecule has 1 N–H and O–H groups in total. The number of hydrogen-bond donors (Lipinski definition) is 1. The quantitative estimate of drug-likeness (QED) is 0.647. The Labute approximate surface area is 172 Å². The van der Waals surface area contributed by atoms with Crippen LogP contribution in [0.1, 0.15) is 47.0 Å². The molecule has 0 bridgehead atoms. The maximum Gasteiger partial charge on any atom is 0.251 e. The second-order valence-electron chi connectivity index (χ2n) is 7.20. The molecule has 29 heavy (non-hydrogen) atoms. The minimum absolute atomic E-state index is 0.0297. The average molecular weight is 399 g/mol. The third kappa shape index (κ3) is 5.01. The lowest BCUT2D eigenvalue weighted by atomic mass is 10.0. The molecule has 1 atom stereocenters. The van der Waals surface area contributed by atoms with Crippen LogP contribution in [0.2, 0.25) is 0 Å². The predicted octanol–water partition coefficient (Wildman–Crippen LogP) is 3.98. The van der Waals surface area contributed by atoms with E-state index in [1.54, 1.807) is 32.6 Å². The molecule has 1 aliphatic rings. The number of methoxy groups -OCH3 is 2. The Kier molecular flexibility index (Phi) is 7.36. The third-order valence-corrected chi connectivity index (χ3v) is 5.34. The molecule has 1 aromatic carbocycles. The molecule has 0 spiro atoms. The number of carbonyl (C=O) groups excluding carboxylic acids is 1. The molecule has 1 aliphatic heterocycles. The maximum atomic E-state index is 12.9. The molecule has 0 aliphatic carbocycles. The Bertz CT molecular complexity index is 811. The molecule has 1 fully saturated rings. The largest absolute Gasteiger partial charge is 0.493 e. The predicted molar refractivity (Wildman–Crippen MR) is 113 cm³/mol. The lowest BCUT2D eigenvalue weighted by Crippen LogP contribution is -2.40. The van der Waals surface area contributed by atoms with Crippen LogP contribution in [0.15, 0.2) is 47.6 Å². The normalized spacial score (nSPS) is 15.5. The summed E-state index contributed by atoms with van der Waals surface area (Å²) in [7, 11) is 3.16. The van der Waals surface area contributed by atoms with E-state index in [1.165, 1.54) is 19.3 Å². The van der Waals surface area contributed by atoms with E-state index in [4.69, 9.17) is 13.9 Å². The standard InChI is InChI=1S/C23H30N2O4/c1-4-9-17-14-18(15-21(27-2)22(17)28-3)23(26)24-16-19(20-10-8-13-29-20)25-11-6-5-7-12-25/h4,8,10,13-15,19H,1,5-7,9,11-12,16H2,2-3H3,(H,24,26). The van der Waals surface area contributed by atoms with Crippen LogP contribution in [0, 0.1) is 0 Å². The molecule has 0 radical (unpaired) electrons. The van der Waals surface area contributed by atoms with E-state index in [2.05, 4.69) is 16.8 Å². The molecule has 1 saturated heterocycles. The zero-order valence-corrected chi connectivity index (χ0v) is 17.3. The summed E-state index contributed by atoms with van der Waals surface area (Å²) in [5.41, 5.74) is 1.40. The first-order chi connectivity index (χ1) is 14.2. The molecule has 1 unspecified atom stereocenters. The lowest BCUT2D eigenvalue weighted by Gasteiger charge is -2.33. The Morgan fingerprint density at radius 2 is 2.07 bits per heavy atom. The first kappa shape index (κ1) is 21.0. The topological polar surface area (TPSA) is 63.9 Å². The second kappa shape index (κ2) is 10.2. The fraction of sp³-hybridized carbons (Fsp3) is 0.435. The smallest absolute Gasteiger partial charge is 0.251 e. The van der Waals surface area contributed by atoms with Crippen molar-refractivity contribution in [3.8, 4) is 11.5 Å². The summed E-state index contributed by atoms with van der Waals surface area (Å²) >= 11 is 0. The van der Waals surface area contributed by atoms with Crippen LogP contribution in [0.25, 0.3) is 0 Å². The maximum absolute atomic E-state index is 12.9. The molecular formula is C23H30N2O4. The molecular weight excluding hydrogens is 368 g/mol. The number of piperidine rings is 1. The fourth-order valence-electron chi connectivity index (χ4n) is 3.89. The van der Waals surface area contributed by atoms with E-state index in [-0.39, 0.29) is 11.9 Å². The summed E-state index contributed by atoms with van der Waals surface area (Å²) in [5, 5.41) is 3.08. The van der Waals surface area contributed by atoms with Crippen LogP contribution in [-0.4, -0.2) is 44.7 Å². The van der Waals surface area contributed by atoms with E-state index in [0.29, 0.717) is 30.0 Å². The molecule has 1 aromatic heterocycles. The van der Waals surface area contributed by atoms with Crippen LogP contribution >= 0.6 is 0 Å². The zero-order valence-electron chi connectivity index (χ0n) is 17.3. The van der Waals surface area contributed by atoms with Gasteiger partial charge in [0.25, 0.3) is 5.91 Å². The number of amides is 1. The molecule has 156 valence electrons. The van der Waals surface area contributed by atoms with Crippen LogP contribution in [0.5, 0.6) is 11.5 Å². The highest BCUT2D eigenvalue weighted by Crippen LogP contribution is 2.33. The van der Waals surface area contributed by atoms with Gasteiger partial charge in [-0.05, 0) is 56.6 Å². The first-order valence-corrected chi connectivity index (χ1v) is 10.1. The van der Waals surface area contributed by atoms with Gasteiger partial charge in [-0.3, -0.25) is 9.69 Å². The number of carbonyl (C=O) groups is 1. The van der Waals surface area contributed by atoms with Gasteiger partial charge in [0.15, 0.2) is 11.5 Å². The monoisotopic (exact) mass is 398 g/mol. The van der Waals surface area contributed by atoms with Crippen molar-refractivity contribution in [3.63, 3.8) is 0 Å². The fourth-order valence-corrected chi connectivity index (χ4v) is 3.89. The number of furan rings is 1. The van der Waals surface area contributed by atoms with E-state index in [9.17, 15) is 4.79 Å². The van der Waals surface area contributed by atoms with Gasteiger partial charge < -0.3 is 19.2 Å². The zero-order chi connectivity index (χ0) is 20.6. The lowest BCUT2D eigenvalue weighted by molar-refractivity contribution is 0.0913. The van der Waals surface area contributed by atoms with Crippen molar-refractivity contribution in [2.45, 2.75) is 31.7 Å². The van der Waals surface area contributed by atoms with E-state index in [0.717, 1.165) is 24.4 Å². The summed E-state index contributed by atoms with van der Waals surface area (Å²) in [4.78, 5) is 15.3. The molecule has 2 aromatic rings. The van der Waals surface area contributed by atoms with Crippen molar-refractivity contribution in [2.75, 3.05) is 33.9 Å². The van der Waals surface area contributed by atoms with Gasteiger partial charge >= 0.3 is 0 Å². The van der Waals surface area contributed by atoms with Crippen molar-refractivity contribution in [3.05, 3.63) is 60.1 Å². The number of hydrogen-bond acceptors (Lipinski definition) is 5. The molecule has 6 nitrogen and oxygen atoms in total. The van der Waals surface area contributed by atoms with Crippen molar-refractivity contribution in [1.82, 2.24) is 10.2 Å². The number of allylic oxidation sites excluding steroid dienone is 1. The van der Waals surface area contributed by atoms with E-state index in [1.807, 2.05) is 18.2 Å². The van der Waals surface area contributed by atoms with Crippen LogP contribution in [-0.2, 0) is 6.42 Å². The number of ether oxygens (including phenoxy) is 2.